The van der Waals surface area contributed by atoms with E-state index in [-0.39, 0.29) is 18.0 Å². The van der Waals surface area contributed by atoms with E-state index < -0.39 is 0 Å². The number of amides is 2. The summed E-state index contributed by atoms with van der Waals surface area (Å²) in [4.78, 5) is 19.5. The molecule has 1 saturated carbocycles. The molecular formula is C23H25N3O2. The number of piperidine rings is 1. The van der Waals surface area contributed by atoms with Gasteiger partial charge in [0.05, 0.1) is 6.04 Å². The Morgan fingerprint density at radius 2 is 1.71 bits per heavy atom. The molecule has 2 amide bonds. The van der Waals surface area contributed by atoms with Crippen LogP contribution in [-0.4, -0.2) is 29.0 Å². The van der Waals surface area contributed by atoms with Gasteiger partial charge in [0, 0.05) is 19.0 Å². The first-order valence-corrected chi connectivity index (χ1v) is 10.2. The third kappa shape index (κ3) is 3.49. The van der Waals surface area contributed by atoms with E-state index in [2.05, 4.69) is 22.4 Å². The quantitative estimate of drug-likeness (QED) is 0.708. The molecule has 2 aliphatic rings. The zero-order valence-corrected chi connectivity index (χ0v) is 15.9. The van der Waals surface area contributed by atoms with Crippen molar-refractivity contribution in [1.29, 1.82) is 0 Å². The number of aromatic nitrogens is 1. The SMILES string of the molecule is O=C(NC(c1ccccc1)C1CC1)N1CCC(c2nc3ccccc3o2)CC1. The van der Waals surface area contributed by atoms with Gasteiger partial charge in [-0.25, -0.2) is 9.78 Å². The number of oxazole rings is 1. The van der Waals surface area contributed by atoms with Gasteiger partial charge >= 0.3 is 6.03 Å². The highest BCUT2D eigenvalue weighted by Gasteiger charge is 2.35. The molecule has 2 heterocycles. The van der Waals surface area contributed by atoms with Crippen molar-refractivity contribution in [2.24, 2.45) is 5.92 Å². The summed E-state index contributed by atoms with van der Waals surface area (Å²) in [5.41, 5.74) is 2.96. The van der Waals surface area contributed by atoms with E-state index in [1.54, 1.807) is 0 Å². The van der Waals surface area contributed by atoms with Gasteiger partial charge in [0.15, 0.2) is 11.5 Å². The molecule has 1 aliphatic heterocycles. The van der Waals surface area contributed by atoms with E-state index in [1.807, 2.05) is 47.4 Å². The molecule has 0 bridgehead atoms. The Labute approximate surface area is 164 Å². The Morgan fingerprint density at radius 1 is 1.00 bits per heavy atom. The van der Waals surface area contributed by atoms with Crippen LogP contribution in [0.15, 0.2) is 59.0 Å². The highest BCUT2D eigenvalue weighted by Crippen LogP contribution is 2.41. The average Bonchev–Trinajstić information content (AvgIpc) is 3.50. The van der Waals surface area contributed by atoms with Crippen LogP contribution in [0.3, 0.4) is 0 Å². The first kappa shape index (κ1) is 17.3. The Balaban J connectivity index is 1.22. The van der Waals surface area contributed by atoms with Crippen molar-refractivity contribution in [1.82, 2.24) is 15.2 Å². The fourth-order valence-corrected chi connectivity index (χ4v) is 4.18. The maximum Gasteiger partial charge on any atom is 0.317 e. The Kier molecular flexibility index (Phi) is 4.51. The van der Waals surface area contributed by atoms with Gasteiger partial charge in [-0.05, 0) is 49.3 Å². The van der Waals surface area contributed by atoms with Gasteiger partial charge in [0.2, 0.25) is 0 Å². The lowest BCUT2D eigenvalue weighted by molar-refractivity contribution is 0.172. The number of nitrogens with one attached hydrogen (secondary N) is 1. The molecule has 1 saturated heterocycles. The summed E-state index contributed by atoms with van der Waals surface area (Å²) in [6, 6.07) is 18.4. The molecule has 2 aromatic carbocycles. The van der Waals surface area contributed by atoms with Crippen molar-refractivity contribution < 1.29 is 9.21 Å². The molecule has 1 atom stereocenters. The van der Waals surface area contributed by atoms with Crippen molar-refractivity contribution >= 4 is 17.1 Å². The molecule has 1 N–H and O–H groups in total. The second-order valence-corrected chi connectivity index (χ2v) is 7.96. The van der Waals surface area contributed by atoms with Gasteiger partial charge in [-0.1, -0.05) is 42.5 Å². The molecule has 5 heteroatoms. The number of hydrogen-bond acceptors (Lipinski definition) is 3. The predicted octanol–water partition coefficient (Wildman–Crippen LogP) is 4.87. The standard InChI is InChI=1S/C23H25N3O2/c27-23(25-21(17-10-11-17)16-6-2-1-3-7-16)26-14-12-18(13-15-26)22-24-19-8-4-5-9-20(19)28-22/h1-9,17-18,21H,10-15H2,(H,25,27). The molecule has 28 heavy (non-hydrogen) atoms. The van der Waals surface area contributed by atoms with E-state index in [0.29, 0.717) is 5.92 Å². The molecule has 5 rings (SSSR count). The number of carbonyl (C=O) groups is 1. The van der Waals surface area contributed by atoms with E-state index >= 15 is 0 Å². The maximum absolute atomic E-state index is 12.9. The summed E-state index contributed by atoms with van der Waals surface area (Å²) >= 11 is 0. The number of hydrogen-bond donors (Lipinski definition) is 1. The van der Waals surface area contributed by atoms with Gasteiger partial charge in [-0.2, -0.15) is 0 Å². The second kappa shape index (κ2) is 7.30. The maximum atomic E-state index is 12.9. The number of carbonyl (C=O) groups excluding carboxylic acids is 1. The first-order chi connectivity index (χ1) is 13.8. The van der Waals surface area contributed by atoms with Gasteiger partial charge in [0.25, 0.3) is 0 Å². The Bertz CT molecular complexity index is 923. The molecule has 1 aromatic heterocycles. The molecule has 5 nitrogen and oxygen atoms in total. The van der Waals surface area contributed by atoms with Crippen molar-refractivity contribution in [3.8, 4) is 0 Å². The van der Waals surface area contributed by atoms with E-state index in [0.717, 1.165) is 42.9 Å². The molecule has 144 valence electrons. The minimum absolute atomic E-state index is 0.0526. The smallest absolute Gasteiger partial charge is 0.317 e. The van der Waals surface area contributed by atoms with Crippen LogP contribution in [0.25, 0.3) is 11.1 Å². The molecule has 1 aliphatic carbocycles. The number of benzene rings is 2. The topological polar surface area (TPSA) is 58.4 Å². The number of rotatable bonds is 4. The molecule has 0 spiro atoms. The fraction of sp³-hybridized carbons (Fsp3) is 0.391. The summed E-state index contributed by atoms with van der Waals surface area (Å²) in [6.07, 6.45) is 4.17. The Hall–Kier alpha value is -2.82. The second-order valence-electron chi connectivity index (χ2n) is 7.96. The summed E-state index contributed by atoms with van der Waals surface area (Å²) in [5.74, 6) is 1.66. The van der Waals surface area contributed by atoms with Gasteiger partial charge in [-0.3, -0.25) is 0 Å². The third-order valence-electron chi connectivity index (χ3n) is 5.97. The van der Waals surface area contributed by atoms with Crippen LogP contribution in [0.2, 0.25) is 0 Å². The molecular weight excluding hydrogens is 350 g/mol. The highest BCUT2D eigenvalue weighted by atomic mass is 16.3. The Morgan fingerprint density at radius 3 is 2.43 bits per heavy atom. The van der Waals surface area contributed by atoms with Crippen molar-refractivity contribution in [2.75, 3.05) is 13.1 Å². The number of nitrogens with zero attached hydrogens (tertiary/aromatic N) is 2. The molecule has 1 unspecified atom stereocenters. The van der Waals surface area contributed by atoms with Crippen LogP contribution >= 0.6 is 0 Å². The highest BCUT2D eigenvalue weighted by molar-refractivity contribution is 5.75. The predicted molar refractivity (Wildman–Crippen MR) is 108 cm³/mol. The van der Waals surface area contributed by atoms with Crippen LogP contribution in [-0.2, 0) is 0 Å². The molecule has 0 radical (unpaired) electrons. The van der Waals surface area contributed by atoms with Crippen molar-refractivity contribution in [2.45, 2.75) is 37.6 Å². The summed E-state index contributed by atoms with van der Waals surface area (Å²) in [7, 11) is 0. The minimum atomic E-state index is 0.0526. The van der Waals surface area contributed by atoms with Crippen LogP contribution in [0.4, 0.5) is 4.79 Å². The van der Waals surface area contributed by atoms with E-state index in [9.17, 15) is 4.79 Å². The average molecular weight is 375 g/mol. The summed E-state index contributed by atoms with van der Waals surface area (Å²) < 4.78 is 5.94. The number of likely N-dealkylation sites (tertiary alicyclic amines) is 1. The number of fused-ring (bicyclic) bond motifs is 1. The number of urea groups is 1. The minimum Gasteiger partial charge on any atom is -0.440 e. The summed E-state index contributed by atoms with van der Waals surface area (Å²) in [6.45, 7) is 1.48. The zero-order chi connectivity index (χ0) is 18.9. The largest absolute Gasteiger partial charge is 0.440 e. The van der Waals surface area contributed by atoms with Gasteiger partial charge in [-0.15, -0.1) is 0 Å². The lowest BCUT2D eigenvalue weighted by Gasteiger charge is -2.32. The molecule has 3 aromatic rings. The van der Waals surface area contributed by atoms with Gasteiger partial charge < -0.3 is 14.6 Å². The molecule has 2 fully saturated rings. The van der Waals surface area contributed by atoms with E-state index in [1.165, 1.54) is 18.4 Å². The van der Waals surface area contributed by atoms with Crippen LogP contribution in [0.1, 0.15) is 49.1 Å². The van der Waals surface area contributed by atoms with E-state index in [4.69, 9.17) is 4.42 Å². The number of para-hydroxylation sites is 2. The lowest BCUT2D eigenvalue weighted by atomic mass is 9.97. The van der Waals surface area contributed by atoms with Gasteiger partial charge in [0.1, 0.15) is 5.52 Å². The fourth-order valence-electron chi connectivity index (χ4n) is 4.18. The monoisotopic (exact) mass is 375 g/mol. The van der Waals surface area contributed by atoms with Crippen molar-refractivity contribution in [3.05, 3.63) is 66.1 Å². The lowest BCUT2D eigenvalue weighted by Crippen LogP contribution is -2.45. The summed E-state index contributed by atoms with van der Waals surface area (Å²) in [5, 5.41) is 3.29. The normalized spacial score (nSPS) is 18.9. The van der Waals surface area contributed by atoms with Crippen LogP contribution in [0, 0.1) is 5.92 Å². The third-order valence-corrected chi connectivity index (χ3v) is 5.97. The van der Waals surface area contributed by atoms with Crippen LogP contribution in [0.5, 0.6) is 0 Å². The zero-order valence-electron chi connectivity index (χ0n) is 15.9. The van der Waals surface area contributed by atoms with Crippen molar-refractivity contribution in [3.63, 3.8) is 0 Å². The first-order valence-electron chi connectivity index (χ1n) is 10.2. The van der Waals surface area contributed by atoms with Crippen LogP contribution < -0.4 is 5.32 Å².